The molecule has 0 radical (unpaired) electrons. The number of hydrogen-bond acceptors (Lipinski definition) is 2. The molecule has 1 aromatic carbocycles. The maximum absolute atomic E-state index is 12.8. The zero-order valence-corrected chi connectivity index (χ0v) is 11.4. The number of carboxylic acids is 1. The van der Waals surface area contributed by atoms with Gasteiger partial charge in [-0.2, -0.15) is 0 Å². The van der Waals surface area contributed by atoms with Gasteiger partial charge in [0.25, 0.3) is 0 Å². The first-order valence-electron chi connectivity index (χ1n) is 5.77. The van der Waals surface area contributed by atoms with Crippen molar-refractivity contribution in [2.75, 3.05) is 0 Å². The van der Waals surface area contributed by atoms with Gasteiger partial charge in [-0.1, -0.05) is 31.5 Å². The Morgan fingerprint density at radius 2 is 2.05 bits per heavy atom. The number of aliphatic carboxylic acids is 1. The summed E-state index contributed by atoms with van der Waals surface area (Å²) < 4.78 is 12.8. The summed E-state index contributed by atoms with van der Waals surface area (Å²) in [4.78, 5) is 22.7. The van der Waals surface area contributed by atoms with Crippen LogP contribution in [0.2, 0.25) is 5.02 Å². The molecule has 1 rings (SSSR count). The maximum Gasteiger partial charge on any atom is 0.326 e. The van der Waals surface area contributed by atoms with Crippen LogP contribution >= 0.6 is 11.6 Å². The van der Waals surface area contributed by atoms with E-state index in [0.717, 1.165) is 6.07 Å². The van der Waals surface area contributed by atoms with Crippen molar-refractivity contribution in [3.8, 4) is 0 Å². The van der Waals surface area contributed by atoms with Gasteiger partial charge in [0, 0.05) is 5.02 Å². The molecule has 0 aliphatic carbocycles. The predicted molar refractivity (Wildman–Crippen MR) is 69.5 cm³/mol. The molecule has 19 heavy (non-hydrogen) atoms. The van der Waals surface area contributed by atoms with Crippen molar-refractivity contribution in [2.45, 2.75) is 26.3 Å². The smallest absolute Gasteiger partial charge is 0.326 e. The Kier molecular flexibility index (Phi) is 5.30. The first-order valence-corrected chi connectivity index (χ1v) is 6.15. The molecule has 0 saturated carbocycles. The van der Waals surface area contributed by atoms with Crippen molar-refractivity contribution in [2.24, 2.45) is 5.92 Å². The lowest BCUT2D eigenvalue weighted by Crippen LogP contribution is -2.44. The van der Waals surface area contributed by atoms with Crippen molar-refractivity contribution in [1.82, 2.24) is 5.32 Å². The van der Waals surface area contributed by atoms with Gasteiger partial charge in [0.05, 0.1) is 6.42 Å². The van der Waals surface area contributed by atoms with E-state index in [9.17, 15) is 14.0 Å². The van der Waals surface area contributed by atoms with Crippen molar-refractivity contribution < 1.29 is 19.1 Å². The van der Waals surface area contributed by atoms with Gasteiger partial charge < -0.3 is 10.4 Å². The highest BCUT2D eigenvalue weighted by atomic mass is 35.5. The van der Waals surface area contributed by atoms with Crippen LogP contribution in [0.5, 0.6) is 0 Å². The van der Waals surface area contributed by atoms with E-state index >= 15 is 0 Å². The van der Waals surface area contributed by atoms with Crippen LogP contribution in [0.1, 0.15) is 19.4 Å². The molecule has 0 saturated heterocycles. The quantitative estimate of drug-likeness (QED) is 0.873. The summed E-state index contributed by atoms with van der Waals surface area (Å²) in [6, 6.07) is 2.77. The van der Waals surface area contributed by atoms with E-state index in [0.29, 0.717) is 5.56 Å². The second-order valence-electron chi connectivity index (χ2n) is 4.54. The van der Waals surface area contributed by atoms with Gasteiger partial charge in [0.1, 0.15) is 11.9 Å². The van der Waals surface area contributed by atoms with Crippen molar-refractivity contribution >= 4 is 23.5 Å². The summed E-state index contributed by atoms with van der Waals surface area (Å²) in [7, 11) is 0. The SMILES string of the molecule is CC(C)[C@H](NC(=O)Cc1ccc(F)cc1Cl)C(=O)O. The van der Waals surface area contributed by atoms with Gasteiger partial charge >= 0.3 is 5.97 Å². The number of halogens is 2. The number of amides is 1. The van der Waals surface area contributed by atoms with E-state index in [4.69, 9.17) is 16.7 Å². The lowest BCUT2D eigenvalue weighted by Gasteiger charge is -2.18. The topological polar surface area (TPSA) is 66.4 Å². The molecule has 104 valence electrons. The van der Waals surface area contributed by atoms with Gasteiger partial charge in [-0.3, -0.25) is 4.79 Å². The van der Waals surface area contributed by atoms with E-state index < -0.39 is 23.7 Å². The average Bonchev–Trinajstić information content (AvgIpc) is 2.29. The van der Waals surface area contributed by atoms with Crippen molar-refractivity contribution in [3.05, 3.63) is 34.6 Å². The minimum Gasteiger partial charge on any atom is -0.480 e. The van der Waals surface area contributed by atoms with Crippen LogP contribution in [0.25, 0.3) is 0 Å². The van der Waals surface area contributed by atoms with Crippen molar-refractivity contribution in [1.29, 1.82) is 0 Å². The van der Waals surface area contributed by atoms with Gasteiger partial charge in [-0.05, 0) is 23.6 Å². The standard InChI is InChI=1S/C13H15ClFNO3/c1-7(2)12(13(18)19)16-11(17)5-8-3-4-9(15)6-10(8)14/h3-4,6-7,12H,5H2,1-2H3,(H,16,17)(H,18,19)/t12-/m0/s1. The lowest BCUT2D eigenvalue weighted by atomic mass is 10.0. The molecule has 2 N–H and O–H groups in total. The zero-order chi connectivity index (χ0) is 14.6. The Hall–Kier alpha value is -1.62. The molecule has 0 unspecified atom stereocenters. The lowest BCUT2D eigenvalue weighted by molar-refractivity contribution is -0.143. The monoisotopic (exact) mass is 287 g/mol. The Morgan fingerprint density at radius 3 is 2.53 bits per heavy atom. The van der Waals surface area contributed by atoms with Gasteiger partial charge in [-0.25, -0.2) is 9.18 Å². The fourth-order valence-electron chi connectivity index (χ4n) is 1.58. The van der Waals surface area contributed by atoms with Crippen LogP contribution < -0.4 is 5.32 Å². The van der Waals surface area contributed by atoms with Crippen LogP contribution in [0.3, 0.4) is 0 Å². The molecule has 0 heterocycles. The molecule has 0 aliphatic rings. The Labute approximate surface area is 115 Å². The molecule has 6 heteroatoms. The fourth-order valence-corrected chi connectivity index (χ4v) is 1.81. The summed E-state index contributed by atoms with van der Waals surface area (Å²) in [5, 5.41) is 11.5. The molecule has 0 spiro atoms. The fraction of sp³-hybridized carbons (Fsp3) is 0.385. The third-order valence-electron chi connectivity index (χ3n) is 2.62. The minimum atomic E-state index is -1.09. The number of nitrogens with one attached hydrogen (secondary N) is 1. The maximum atomic E-state index is 12.8. The second-order valence-corrected chi connectivity index (χ2v) is 4.95. The number of carbonyl (C=O) groups is 2. The highest BCUT2D eigenvalue weighted by Gasteiger charge is 2.23. The molecule has 4 nitrogen and oxygen atoms in total. The number of hydrogen-bond donors (Lipinski definition) is 2. The summed E-state index contributed by atoms with van der Waals surface area (Å²) in [6.45, 7) is 3.40. The first-order chi connectivity index (χ1) is 8.81. The van der Waals surface area contributed by atoms with Crippen LogP contribution in [-0.2, 0) is 16.0 Å². The number of carbonyl (C=O) groups excluding carboxylic acids is 1. The molecule has 0 fully saturated rings. The van der Waals surface area contributed by atoms with Gasteiger partial charge in [-0.15, -0.1) is 0 Å². The summed E-state index contributed by atoms with van der Waals surface area (Å²) in [5.41, 5.74) is 0.452. The average molecular weight is 288 g/mol. The molecule has 0 aromatic heterocycles. The van der Waals surface area contributed by atoms with Crippen LogP contribution in [0.4, 0.5) is 4.39 Å². The van der Waals surface area contributed by atoms with E-state index in [1.165, 1.54) is 12.1 Å². The van der Waals surface area contributed by atoms with E-state index in [-0.39, 0.29) is 17.4 Å². The van der Waals surface area contributed by atoms with Crippen LogP contribution in [0.15, 0.2) is 18.2 Å². The van der Waals surface area contributed by atoms with E-state index in [2.05, 4.69) is 5.32 Å². The Bertz CT molecular complexity index is 491. The van der Waals surface area contributed by atoms with E-state index in [1.807, 2.05) is 0 Å². The number of rotatable bonds is 5. The highest BCUT2D eigenvalue weighted by Crippen LogP contribution is 2.17. The molecular weight excluding hydrogens is 273 g/mol. The molecule has 1 amide bonds. The highest BCUT2D eigenvalue weighted by molar-refractivity contribution is 6.31. The van der Waals surface area contributed by atoms with Crippen molar-refractivity contribution in [3.63, 3.8) is 0 Å². The molecule has 1 aromatic rings. The predicted octanol–water partition coefficient (Wildman–Crippen LogP) is 2.25. The normalized spacial score (nSPS) is 12.3. The third kappa shape index (κ3) is 4.52. The van der Waals surface area contributed by atoms with Gasteiger partial charge in [0.2, 0.25) is 5.91 Å². The molecule has 1 atom stereocenters. The van der Waals surface area contributed by atoms with Crippen LogP contribution in [-0.4, -0.2) is 23.0 Å². The summed E-state index contributed by atoms with van der Waals surface area (Å²) >= 11 is 5.80. The Balaban J connectivity index is 2.72. The second kappa shape index (κ2) is 6.52. The summed E-state index contributed by atoms with van der Waals surface area (Å²) in [5.74, 6) is -2.27. The number of benzene rings is 1. The van der Waals surface area contributed by atoms with Crippen LogP contribution in [0, 0.1) is 11.7 Å². The molecule has 0 aliphatic heterocycles. The minimum absolute atomic E-state index is 0.0877. The summed E-state index contributed by atoms with van der Waals surface area (Å²) in [6.07, 6.45) is -0.0877. The molecule has 0 bridgehead atoms. The van der Waals surface area contributed by atoms with Gasteiger partial charge in [0.15, 0.2) is 0 Å². The first kappa shape index (κ1) is 15.4. The largest absolute Gasteiger partial charge is 0.480 e. The zero-order valence-electron chi connectivity index (χ0n) is 10.6. The number of carboxylic acid groups (broad SMARTS) is 1. The molecular formula is C13H15ClFNO3. The third-order valence-corrected chi connectivity index (χ3v) is 2.97. The Morgan fingerprint density at radius 1 is 1.42 bits per heavy atom. The van der Waals surface area contributed by atoms with E-state index in [1.54, 1.807) is 13.8 Å².